The molecule has 2 N–H and O–H groups in total. The van der Waals surface area contributed by atoms with Crippen LogP contribution in [0.1, 0.15) is 23.9 Å². The number of hydrogen-bond acceptors (Lipinski definition) is 2. The predicted molar refractivity (Wildman–Crippen MR) is 82.0 cm³/mol. The summed E-state index contributed by atoms with van der Waals surface area (Å²) in [6.45, 7) is 0. The van der Waals surface area contributed by atoms with Gasteiger partial charge in [0.2, 0.25) is 5.95 Å². The number of fused-ring (bicyclic) bond motifs is 1. The maximum Gasteiger partial charge on any atom is 0.201 e. The summed E-state index contributed by atoms with van der Waals surface area (Å²) in [6, 6.07) is 16.7. The molecule has 0 radical (unpaired) electrons. The van der Waals surface area contributed by atoms with Crippen LogP contribution in [0, 0.1) is 0 Å². The van der Waals surface area contributed by atoms with Crippen molar-refractivity contribution in [3.63, 3.8) is 0 Å². The van der Waals surface area contributed by atoms with Crippen LogP contribution in [0.15, 0.2) is 48.5 Å². The summed E-state index contributed by atoms with van der Waals surface area (Å²) in [6.07, 6.45) is 1.10. The molecule has 1 fully saturated rings. The fourth-order valence-corrected chi connectivity index (χ4v) is 3.13. The van der Waals surface area contributed by atoms with E-state index in [1.54, 1.807) is 0 Å². The normalized spacial score (nSPS) is 21.2. The van der Waals surface area contributed by atoms with Gasteiger partial charge in [0.1, 0.15) is 0 Å². The van der Waals surface area contributed by atoms with Crippen molar-refractivity contribution in [3.05, 3.63) is 59.1 Å². The number of nitrogen functional groups attached to an aromatic ring is 1. The van der Waals surface area contributed by atoms with Crippen LogP contribution in [0.3, 0.4) is 0 Å². The zero-order valence-corrected chi connectivity index (χ0v) is 11.6. The molecular weight excluding hydrogens is 270 g/mol. The van der Waals surface area contributed by atoms with Crippen LogP contribution in [-0.2, 0) is 0 Å². The molecule has 1 aromatic heterocycles. The zero-order valence-electron chi connectivity index (χ0n) is 10.8. The summed E-state index contributed by atoms with van der Waals surface area (Å²) in [5.41, 5.74) is 9.39. The second-order valence-electron chi connectivity index (χ2n) is 5.29. The van der Waals surface area contributed by atoms with E-state index in [4.69, 9.17) is 17.3 Å². The average molecular weight is 284 g/mol. The molecule has 1 aliphatic carbocycles. The maximum absolute atomic E-state index is 6.10. The predicted octanol–water partition coefficient (Wildman–Crippen LogP) is 4.00. The van der Waals surface area contributed by atoms with Crippen LogP contribution in [0.2, 0.25) is 5.02 Å². The molecule has 20 heavy (non-hydrogen) atoms. The molecule has 0 saturated heterocycles. The van der Waals surface area contributed by atoms with Crippen molar-refractivity contribution >= 4 is 28.6 Å². The van der Waals surface area contributed by atoms with Gasteiger partial charge in [0, 0.05) is 17.0 Å². The Hall–Kier alpha value is -2.00. The van der Waals surface area contributed by atoms with E-state index >= 15 is 0 Å². The van der Waals surface area contributed by atoms with Gasteiger partial charge in [-0.05, 0) is 30.2 Å². The minimum Gasteiger partial charge on any atom is -0.369 e. The van der Waals surface area contributed by atoms with Crippen molar-refractivity contribution in [2.75, 3.05) is 5.73 Å². The Bertz CT molecular complexity index is 779. The molecule has 2 unspecified atom stereocenters. The molecule has 2 atom stereocenters. The molecule has 4 rings (SSSR count). The highest BCUT2D eigenvalue weighted by Gasteiger charge is 2.41. The quantitative estimate of drug-likeness (QED) is 0.772. The van der Waals surface area contributed by atoms with E-state index in [0.717, 1.165) is 22.5 Å². The smallest absolute Gasteiger partial charge is 0.201 e. The Balaban J connectivity index is 1.77. The fraction of sp³-hybridized carbons (Fsp3) is 0.188. The Morgan fingerprint density at radius 3 is 2.75 bits per heavy atom. The van der Waals surface area contributed by atoms with Crippen LogP contribution in [0.5, 0.6) is 0 Å². The third-order valence-corrected chi connectivity index (χ3v) is 4.23. The SMILES string of the molecule is Nc1nc2ccc(Cl)cc2n1C1CC1c1ccccc1. The molecule has 0 amide bonds. The van der Waals surface area contributed by atoms with Gasteiger partial charge in [-0.1, -0.05) is 41.9 Å². The highest BCUT2D eigenvalue weighted by Crippen LogP contribution is 2.53. The highest BCUT2D eigenvalue weighted by atomic mass is 35.5. The lowest BCUT2D eigenvalue weighted by molar-refractivity contribution is 0.751. The first-order valence-corrected chi connectivity index (χ1v) is 7.10. The average Bonchev–Trinajstić information content (AvgIpc) is 3.17. The Kier molecular flexibility index (Phi) is 2.51. The molecule has 1 aliphatic rings. The van der Waals surface area contributed by atoms with Gasteiger partial charge in [-0.15, -0.1) is 0 Å². The lowest BCUT2D eigenvalue weighted by Gasteiger charge is -2.06. The summed E-state index contributed by atoms with van der Waals surface area (Å²) < 4.78 is 2.12. The summed E-state index contributed by atoms with van der Waals surface area (Å²) in [4.78, 5) is 4.43. The largest absolute Gasteiger partial charge is 0.369 e. The number of nitrogens with zero attached hydrogens (tertiary/aromatic N) is 2. The minimum atomic E-state index is 0.390. The minimum absolute atomic E-state index is 0.390. The summed E-state index contributed by atoms with van der Waals surface area (Å²) >= 11 is 6.10. The molecule has 4 heteroatoms. The molecule has 1 heterocycles. The van der Waals surface area contributed by atoms with Crippen LogP contribution in [0.4, 0.5) is 5.95 Å². The number of aromatic nitrogens is 2. The molecule has 0 aliphatic heterocycles. The van der Waals surface area contributed by atoms with E-state index in [9.17, 15) is 0 Å². The van der Waals surface area contributed by atoms with Gasteiger partial charge in [-0.2, -0.15) is 0 Å². The second kappa shape index (κ2) is 4.25. The highest BCUT2D eigenvalue weighted by molar-refractivity contribution is 6.31. The topological polar surface area (TPSA) is 43.8 Å². The Morgan fingerprint density at radius 2 is 1.95 bits per heavy atom. The van der Waals surface area contributed by atoms with E-state index in [0.29, 0.717) is 17.9 Å². The second-order valence-corrected chi connectivity index (χ2v) is 5.73. The zero-order chi connectivity index (χ0) is 13.7. The van der Waals surface area contributed by atoms with E-state index in [2.05, 4.69) is 33.8 Å². The van der Waals surface area contributed by atoms with Gasteiger partial charge in [0.05, 0.1) is 11.0 Å². The van der Waals surface area contributed by atoms with Gasteiger partial charge >= 0.3 is 0 Å². The van der Waals surface area contributed by atoms with Crippen molar-refractivity contribution in [1.82, 2.24) is 9.55 Å². The third-order valence-electron chi connectivity index (χ3n) is 3.99. The van der Waals surface area contributed by atoms with Crippen LogP contribution < -0.4 is 5.73 Å². The molecule has 2 aromatic carbocycles. The fourth-order valence-electron chi connectivity index (χ4n) is 2.96. The number of imidazole rings is 1. The summed E-state index contributed by atoms with van der Waals surface area (Å²) in [5, 5.41) is 0.718. The molecule has 3 nitrogen and oxygen atoms in total. The third kappa shape index (κ3) is 1.78. The van der Waals surface area contributed by atoms with Crippen LogP contribution >= 0.6 is 11.6 Å². The van der Waals surface area contributed by atoms with Crippen molar-refractivity contribution < 1.29 is 0 Å². The number of hydrogen-bond donors (Lipinski definition) is 1. The molecule has 1 saturated carbocycles. The summed E-state index contributed by atoms with van der Waals surface area (Å²) in [7, 11) is 0. The van der Waals surface area contributed by atoms with E-state index < -0.39 is 0 Å². The first-order chi connectivity index (χ1) is 9.74. The lowest BCUT2D eigenvalue weighted by atomic mass is 10.1. The van der Waals surface area contributed by atoms with E-state index in [-0.39, 0.29) is 0 Å². The molecule has 0 bridgehead atoms. The molecule has 0 spiro atoms. The van der Waals surface area contributed by atoms with Gasteiger partial charge in [-0.25, -0.2) is 4.98 Å². The van der Waals surface area contributed by atoms with Gasteiger partial charge < -0.3 is 10.3 Å². The van der Waals surface area contributed by atoms with Crippen molar-refractivity contribution in [2.24, 2.45) is 0 Å². The number of nitrogens with two attached hydrogens (primary N) is 1. The van der Waals surface area contributed by atoms with Crippen molar-refractivity contribution in [3.8, 4) is 0 Å². The molecule has 100 valence electrons. The van der Waals surface area contributed by atoms with Crippen LogP contribution in [-0.4, -0.2) is 9.55 Å². The van der Waals surface area contributed by atoms with Crippen LogP contribution in [0.25, 0.3) is 11.0 Å². The first-order valence-electron chi connectivity index (χ1n) is 6.72. The lowest BCUT2D eigenvalue weighted by Crippen LogP contribution is -2.02. The Labute approximate surface area is 122 Å². The van der Waals surface area contributed by atoms with Gasteiger partial charge in [-0.3, -0.25) is 0 Å². The standard InChI is InChI=1S/C16H14ClN3/c17-11-6-7-13-15(8-11)20(16(18)19-13)14-9-12(14)10-4-2-1-3-5-10/h1-8,12,14H,9H2,(H2,18,19). The van der Waals surface area contributed by atoms with E-state index in [1.807, 2.05) is 24.3 Å². The van der Waals surface area contributed by atoms with Gasteiger partial charge in [0.15, 0.2) is 0 Å². The number of anilines is 1. The Morgan fingerprint density at radius 1 is 1.15 bits per heavy atom. The van der Waals surface area contributed by atoms with E-state index in [1.165, 1.54) is 5.56 Å². The maximum atomic E-state index is 6.10. The monoisotopic (exact) mass is 283 g/mol. The molecular formula is C16H14ClN3. The number of halogens is 1. The van der Waals surface area contributed by atoms with Crippen molar-refractivity contribution in [2.45, 2.75) is 18.4 Å². The van der Waals surface area contributed by atoms with Gasteiger partial charge in [0.25, 0.3) is 0 Å². The first kappa shape index (κ1) is 11.8. The number of rotatable bonds is 2. The molecule has 3 aromatic rings. The number of benzene rings is 2. The summed E-state index contributed by atoms with van der Waals surface area (Å²) in [5.74, 6) is 1.10. The van der Waals surface area contributed by atoms with Crippen molar-refractivity contribution in [1.29, 1.82) is 0 Å².